The highest BCUT2D eigenvalue weighted by atomic mass is 35.5. The van der Waals surface area contributed by atoms with Crippen molar-refractivity contribution in [2.24, 2.45) is 0 Å². The molecule has 5 nitrogen and oxygen atoms in total. The minimum Gasteiger partial charge on any atom is -0.357 e. The molecular weight excluding hydrogens is 226 g/mol. The Hall–Kier alpha value is -1.36. The summed E-state index contributed by atoms with van der Waals surface area (Å²) in [6.45, 7) is 4.29. The Balaban J connectivity index is 2.53. The SMILES string of the molecule is CCC(C)N(C)c1cc(Cl)nc2ncnn12. The van der Waals surface area contributed by atoms with Gasteiger partial charge in [0.05, 0.1) is 0 Å². The van der Waals surface area contributed by atoms with Gasteiger partial charge < -0.3 is 4.90 Å². The molecule has 0 aliphatic heterocycles. The Bertz CT molecular complexity index is 495. The highest BCUT2D eigenvalue weighted by molar-refractivity contribution is 6.29. The van der Waals surface area contributed by atoms with Gasteiger partial charge in [0.25, 0.3) is 5.78 Å². The fourth-order valence-electron chi connectivity index (χ4n) is 1.52. The second-order valence-corrected chi connectivity index (χ2v) is 4.16. The van der Waals surface area contributed by atoms with Crippen LogP contribution < -0.4 is 4.90 Å². The zero-order valence-electron chi connectivity index (χ0n) is 9.55. The van der Waals surface area contributed by atoms with E-state index in [4.69, 9.17) is 11.6 Å². The van der Waals surface area contributed by atoms with E-state index in [0.29, 0.717) is 17.0 Å². The normalized spacial score (nSPS) is 13.0. The third-order valence-electron chi connectivity index (χ3n) is 2.82. The van der Waals surface area contributed by atoms with Gasteiger partial charge in [-0.1, -0.05) is 18.5 Å². The zero-order valence-corrected chi connectivity index (χ0v) is 10.3. The Labute approximate surface area is 99.1 Å². The number of hydrogen-bond donors (Lipinski definition) is 0. The number of nitrogens with zero attached hydrogens (tertiary/aromatic N) is 5. The summed E-state index contributed by atoms with van der Waals surface area (Å²) in [5.74, 6) is 1.43. The molecule has 0 amide bonds. The van der Waals surface area contributed by atoms with Crippen LogP contribution >= 0.6 is 11.6 Å². The second-order valence-electron chi connectivity index (χ2n) is 3.78. The van der Waals surface area contributed by atoms with Crippen molar-refractivity contribution in [2.75, 3.05) is 11.9 Å². The lowest BCUT2D eigenvalue weighted by Crippen LogP contribution is -2.30. The van der Waals surface area contributed by atoms with Crippen molar-refractivity contribution < 1.29 is 0 Å². The predicted molar refractivity (Wildman–Crippen MR) is 63.9 cm³/mol. The highest BCUT2D eigenvalue weighted by Gasteiger charge is 2.14. The Morgan fingerprint density at radius 1 is 1.56 bits per heavy atom. The van der Waals surface area contributed by atoms with Crippen LogP contribution in [-0.2, 0) is 0 Å². The van der Waals surface area contributed by atoms with E-state index < -0.39 is 0 Å². The summed E-state index contributed by atoms with van der Waals surface area (Å²) < 4.78 is 1.69. The lowest BCUT2D eigenvalue weighted by molar-refractivity contribution is 0.647. The fourth-order valence-corrected chi connectivity index (χ4v) is 1.69. The molecule has 0 saturated heterocycles. The maximum Gasteiger partial charge on any atom is 0.255 e. The predicted octanol–water partition coefficient (Wildman–Crippen LogP) is 2.01. The average molecular weight is 240 g/mol. The van der Waals surface area contributed by atoms with E-state index in [0.717, 1.165) is 12.2 Å². The molecule has 2 rings (SSSR count). The maximum atomic E-state index is 5.95. The van der Waals surface area contributed by atoms with Gasteiger partial charge in [0.1, 0.15) is 17.3 Å². The van der Waals surface area contributed by atoms with Gasteiger partial charge in [-0.05, 0) is 13.3 Å². The number of fused-ring (bicyclic) bond motifs is 1. The lowest BCUT2D eigenvalue weighted by Gasteiger charge is -2.25. The molecule has 0 fully saturated rings. The molecule has 86 valence electrons. The molecule has 6 heteroatoms. The molecule has 2 aromatic heterocycles. The van der Waals surface area contributed by atoms with Crippen LogP contribution in [0.3, 0.4) is 0 Å². The first kappa shape index (κ1) is 11.1. The van der Waals surface area contributed by atoms with E-state index in [1.165, 1.54) is 6.33 Å². The number of rotatable bonds is 3. The fraction of sp³-hybridized carbons (Fsp3) is 0.500. The van der Waals surface area contributed by atoms with Gasteiger partial charge in [-0.15, -0.1) is 0 Å². The van der Waals surface area contributed by atoms with Gasteiger partial charge in [0, 0.05) is 19.2 Å². The second kappa shape index (κ2) is 4.25. The van der Waals surface area contributed by atoms with Gasteiger partial charge in [0.15, 0.2) is 0 Å². The van der Waals surface area contributed by atoms with Gasteiger partial charge in [-0.3, -0.25) is 0 Å². The average Bonchev–Trinajstić information content (AvgIpc) is 2.73. The topological polar surface area (TPSA) is 46.3 Å². The molecule has 1 atom stereocenters. The molecule has 0 radical (unpaired) electrons. The van der Waals surface area contributed by atoms with Crippen molar-refractivity contribution >= 4 is 23.2 Å². The lowest BCUT2D eigenvalue weighted by atomic mass is 10.2. The summed E-state index contributed by atoms with van der Waals surface area (Å²) in [5, 5.41) is 4.58. The molecule has 0 aliphatic carbocycles. The summed E-state index contributed by atoms with van der Waals surface area (Å²) in [4.78, 5) is 10.2. The third kappa shape index (κ3) is 1.82. The monoisotopic (exact) mass is 239 g/mol. The molecule has 1 unspecified atom stereocenters. The van der Waals surface area contributed by atoms with E-state index in [1.54, 1.807) is 10.6 Å². The van der Waals surface area contributed by atoms with E-state index in [-0.39, 0.29) is 0 Å². The standard InChI is InChI=1S/C10H14ClN5/c1-4-7(2)15(3)9-5-8(11)14-10-12-6-13-16(9)10/h5-7H,4H2,1-3H3. The number of hydrogen-bond acceptors (Lipinski definition) is 4. The molecular formula is C10H14ClN5. The minimum absolute atomic E-state index is 0.408. The van der Waals surface area contributed by atoms with Crippen LogP contribution in [0.2, 0.25) is 5.15 Å². The molecule has 2 aromatic rings. The van der Waals surface area contributed by atoms with Crippen molar-refractivity contribution in [3.63, 3.8) is 0 Å². The Kier molecular flexibility index (Phi) is 2.96. The van der Waals surface area contributed by atoms with E-state index in [1.807, 2.05) is 7.05 Å². The first-order chi connectivity index (χ1) is 7.63. The molecule has 0 bridgehead atoms. The first-order valence-corrected chi connectivity index (χ1v) is 5.60. The Morgan fingerprint density at radius 3 is 3.00 bits per heavy atom. The van der Waals surface area contributed by atoms with Crippen LogP contribution in [0.5, 0.6) is 0 Å². The summed E-state index contributed by atoms with van der Waals surface area (Å²) in [6, 6.07) is 2.21. The summed E-state index contributed by atoms with van der Waals surface area (Å²) >= 11 is 5.95. The van der Waals surface area contributed by atoms with E-state index >= 15 is 0 Å². The minimum atomic E-state index is 0.408. The molecule has 2 heterocycles. The largest absolute Gasteiger partial charge is 0.357 e. The summed E-state index contributed by atoms with van der Waals surface area (Å²) in [5.41, 5.74) is 0. The van der Waals surface area contributed by atoms with Gasteiger partial charge in [0.2, 0.25) is 0 Å². The van der Waals surface area contributed by atoms with Crippen LogP contribution in [-0.4, -0.2) is 32.7 Å². The molecule has 16 heavy (non-hydrogen) atoms. The van der Waals surface area contributed by atoms with Crippen LogP contribution in [0.25, 0.3) is 5.78 Å². The van der Waals surface area contributed by atoms with Crippen LogP contribution in [0, 0.1) is 0 Å². The smallest absolute Gasteiger partial charge is 0.255 e. The quantitative estimate of drug-likeness (QED) is 0.769. The molecule has 0 N–H and O–H groups in total. The van der Waals surface area contributed by atoms with Crippen molar-refractivity contribution in [1.29, 1.82) is 0 Å². The van der Waals surface area contributed by atoms with E-state index in [2.05, 4.69) is 33.8 Å². The van der Waals surface area contributed by atoms with Crippen LogP contribution in [0.1, 0.15) is 20.3 Å². The third-order valence-corrected chi connectivity index (χ3v) is 3.01. The Morgan fingerprint density at radius 2 is 2.31 bits per heavy atom. The maximum absolute atomic E-state index is 5.95. The van der Waals surface area contributed by atoms with Crippen LogP contribution in [0.15, 0.2) is 12.4 Å². The number of aromatic nitrogens is 4. The van der Waals surface area contributed by atoms with Crippen LogP contribution in [0.4, 0.5) is 5.82 Å². The first-order valence-electron chi connectivity index (χ1n) is 5.22. The number of halogens is 1. The van der Waals surface area contributed by atoms with Gasteiger partial charge in [-0.2, -0.15) is 19.6 Å². The molecule has 0 aliphatic rings. The van der Waals surface area contributed by atoms with Crippen molar-refractivity contribution in [3.8, 4) is 0 Å². The summed E-state index contributed by atoms with van der Waals surface area (Å²) in [7, 11) is 2.01. The molecule has 0 aromatic carbocycles. The van der Waals surface area contributed by atoms with E-state index in [9.17, 15) is 0 Å². The van der Waals surface area contributed by atoms with Crippen molar-refractivity contribution in [2.45, 2.75) is 26.3 Å². The zero-order chi connectivity index (χ0) is 11.7. The molecule has 0 spiro atoms. The van der Waals surface area contributed by atoms with Gasteiger partial charge >= 0.3 is 0 Å². The van der Waals surface area contributed by atoms with Crippen molar-refractivity contribution in [1.82, 2.24) is 19.6 Å². The summed E-state index contributed by atoms with van der Waals surface area (Å²) in [6.07, 6.45) is 2.53. The molecule has 0 saturated carbocycles. The van der Waals surface area contributed by atoms with Crippen molar-refractivity contribution in [3.05, 3.63) is 17.5 Å². The highest BCUT2D eigenvalue weighted by Crippen LogP contribution is 2.20. The van der Waals surface area contributed by atoms with Gasteiger partial charge in [-0.25, -0.2) is 0 Å². The number of anilines is 1.